The molecule has 15 atom stereocenters. The van der Waals surface area contributed by atoms with Gasteiger partial charge in [-0.3, -0.25) is 57.7 Å². The van der Waals surface area contributed by atoms with Gasteiger partial charge in [0.25, 0.3) is 7.82 Å². The van der Waals surface area contributed by atoms with E-state index in [0.29, 0.717) is 56.4 Å². The molecule has 15 unspecified atom stereocenters. The smallest absolute Gasteiger partial charge is 0.756 e. The number of carbonyl (C=O) groups excluding carboxylic acids is 7. The number of nitrogens with two attached hydrogens (primary N) is 6. The second-order valence-electron chi connectivity index (χ2n) is 27.2. The van der Waals surface area contributed by atoms with Gasteiger partial charge in [-0.15, -0.1) is 0 Å². The fraction of sp³-hybridized carbons (Fsp3) is 0.619. The normalized spacial score (nSPS) is 30.8. The van der Waals surface area contributed by atoms with Crippen molar-refractivity contribution in [2.24, 2.45) is 94.7 Å². The van der Waals surface area contributed by atoms with Gasteiger partial charge in [-0.2, -0.15) is 5.70 Å². The van der Waals surface area contributed by atoms with Crippen LogP contribution in [-0.2, 0) is 68.7 Å². The fourth-order valence-electron chi connectivity index (χ4n) is 15.5. The van der Waals surface area contributed by atoms with Crippen molar-refractivity contribution in [1.82, 2.24) is 14.9 Å². The van der Waals surface area contributed by atoms with Gasteiger partial charge in [0.2, 0.25) is 41.4 Å². The van der Waals surface area contributed by atoms with Crippen LogP contribution >= 0.6 is 7.82 Å². The molecule has 0 spiro atoms. The minimum atomic E-state index is -5.40. The molecule has 0 aliphatic carbocycles. The zero-order valence-corrected chi connectivity index (χ0v) is 56.8. The van der Waals surface area contributed by atoms with Gasteiger partial charge in [-0.25, -0.2) is 4.79 Å². The number of rotatable bonds is 26. The second kappa shape index (κ2) is 28.6. The summed E-state index contributed by atoms with van der Waals surface area (Å²) in [6.45, 7) is 23.3. The Morgan fingerprint density at radius 1 is 0.819 bits per heavy atom. The Kier molecular flexibility index (Phi) is 23.1. The van der Waals surface area contributed by atoms with Crippen LogP contribution in [0.3, 0.4) is 0 Å². The van der Waals surface area contributed by atoms with Gasteiger partial charge in [-0.05, 0) is 118 Å². The number of aliphatic hydroxyl groups is 2. The van der Waals surface area contributed by atoms with E-state index in [0.717, 1.165) is 15.7 Å². The van der Waals surface area contributed by atoms with Crippen LogP contribution in [0.4, 0.5) is 0 Å². The number of aromatic amines is 1. The first-order valence-corrected chi connectivity index (χ1v) is 32.4. The molecule has 2 aromatic rings. The predicted octanol–water partition coefficient (Wildman–Crippen LogP) is 2.70. The van der Waals surface area contributed by atoms with Gasteiger partial charge in [0, 0.05) is 114 Å². The van der Waals surface area contributed by atoms with E-state index >= 15 is 0 Å². The number of amides is 7. The summed E-state index contributed by atoms with van der Waals surface area (Å²) in [5, 5.41) is 36.3. The summed E-state index contributed by atoms with van der Waals surface area (Å²) in [5.41, 5.74) is 35.2. The van der Waals surface area contributed by atoms with E-state index in [1.807, 2.05) is 54.5 Å². The van der Waals surface area contributed by atoms with Gasteiger partial charge < -0.3 is 90.7 Å². The predicted molar refractivity (Wildman–Crippen MR) is 339 cm³/mol. The molecule has 514 valence electrons. The largest absolute Gasteiger partial charge is 3.00 e. The van der Waals surface area contributed by atoms with Gasteiger partial charge in [-0.1, -0.05) is 47.1 Å². The number of phosphoric ester groups is 1. The molecular formula is C63H88CoN14O15P. The van der Waals surface area contributed by atoms with E-state index in [1.54, 1.807) is 32.9 Å². The SMILES string of the molecule is CC1=C2N=C(C=C3N=C(C(C)=C4[N-]C(C)(C5N=C1C(C)(CCC(=O)NCC(C)OP(=O)([O-])OC1C(CO)OC(n6c(=O)[nH]c7cc(C)c(C)cc76)C1O)C5CC(N)=O)C(C)(CC(N)=O)C4CCC(N)=O)C(C)(CC(N)=O)C3CCC(N)=O)C(C)(C)C2CCC(N)=O.[C-]#N.[Co+3]. The molecule has 0 saturated carbocycles. The van der Waals surface area contributed by atoms with Crippen molar-refractivity contribution >= 4 is 77.3 Å². The first-order valence-electron chi connectivity index (χ1n) is 30.9. The van der Waals surface area contributed by atoms with Crippen LogP contribution in [0.15, 0.2) is 66.2 Å². The molecule has 0 radical (unpaired) electrons. The standard InChI is InChI=1S/C62H90N13O15P.CN.Co/c1-28-20-38-39(21-29(28)2)75(57(85)71-38)56-51(84)52(40(27-76)88-56)90-91(86,87)89-30(3)26-69-48(83)18-19-59(8)36(22-45(66)80)55-62(11)61(10,25-47(68)82)35(14-17-44(65)79)50(74-62)32(5)54-60(9,24-46(67)81)33(12-15-42(63)77)37(70-54)23-41-58(6,7)34(13-16-43(64)78)49(72-41)31(4)53(59)73-55;1-2;/h20-21,23,30,33-36,40,51-52,55-56,76,84H,12-19,22,24-27H2,1-11H3,(H16,63,64,65,66,67,68,69,70,71,72,73,74,77,78,79,80,81,82,83,85,86,87);;/q;-1;+3/p-2. The number of hydrogen-bond acceptors (Lipinski definition) is 19. The number of primary amides is 6. The van der Waals surface area contributed by atoms with Crippen molar-refractivity contribution < 1.29 is 83.8 Å². The number of ether oxygens (including phenoxy) is 1. The Labute approximate surface area is 555 Å². The summed E-state index contributed by atoms with van der Waals surface area (Å²) in [6, 6.07) is 2.37. The number of fused-ring (bicyclic) bond motifs is 7. The van der Waals surface area contributed by atoms with Gasteiger partial charge in [0.05, 0.1) is 23.7 Å². The third-order valence-corrected chi connectivity index (χ3v) is 21.7. The average molecular weight is 1370 g/mol. The summed E-state index contributed by atoms with van der Waals surface area (Å²) in [6.07, 6.45) is -7.15. The molecule has 31 heteroatoms. The quantitative estimate of drug-likeness (QED) is 0.0478. The summed E-state index contributed by atoms with van der Waals surface area (Å²) in [4.78, 5) is 139. The van der Waals surface area contributed by atoms with E-state index in [-0.39, 0.29) is 87.4 Å². The minimum absolute atomic E-state index is 0. The van der Waals surface area contributed by atoms with Crippen LogP contribution in [0.25, 0.3) is 16.4 Å². The van der Waals surface area contributed by atoms with E-state index in [2.05, 4.69) is 10.3 Å². The van der Waals surface area contributed by atoms with Gasteiger partial charge in [0.1, 0.15) is 18.3 Å². The number of aliphatic hydroxyl groups excluding tert-OH is 2. The van der Waals surface area contributed by atoms with E-state index in [1.165, 1.54) is 6.92 Å². The van der Waals surface area contributed by atoms with Crippen molar-refractivity contribution in [2.75, 3.05) is 13.2 Å². The molecule has 94 heavy (non-hydrogen) atoms. The van der Waals surface area contributed by atoms with Gasteiger partial charge >= 0.3 is 22.5 Å². The first kappa shape index (κ1) is 75.8. The number of aryl methyl sites for hydroxylation is 2. The first-order chi connectivity index (χ1) is 43.2. The minimum Gasteiger partial charge on any atom is -0.756 e. The summed E-state index contributed by atoms with van der Waals surface area (Å²) in [7, 11) is -5.40. The molecule has 16 N–H and O–H groups in total. The van der Waals surface area contributed by atoms with Crippen molar-refractivity contribution in [3.05, 3.63) is 79.9 Å². The number of nitrogens with zero attached hydrogens (tertiary/aromatic N) is 6. The maximum Gasteiger partial charge on any atom is 3.00 e. The number of phosphoric acid groups is 1. The molecule has 7 amide bonds. The molecule has 29 nitrogen and oxygen atoms in total. The molecular weight excluding hydrogens is 1280 g/mol. The maximum atomic E-state index is 14.4. The average Bonchev–Trinajstić information content (AvgIpc) is 1.53. The summed E-state index contributed by atoms with van der Waals surface area (Å²) < 4.78 is 31.3. The number of carbonyl (C=O) groups is 7. The Bertz CT molecular complexity index is 3720. The molecule has 6 aliphatic heterocycles. The van der Waals surface area contributed by atoms with Crippen LogP contribution in [0.2, 0.25) is 0 Å². The zero-order valence-electron chi connectivity index (χ0n) is 54.8. The molecule has 2 saturated heterocycles. The van der Waals surface area contributed by atoms with Gasteiger partial charge in [0.15, 0.2) is 6.23 Å². The number of imidazole rings is 1. The zero-order chi connectivity index (χ0) is 69.6. The van der Waals surface area contributed by atoms with Crippen molar-refractivity contribution in [1.29, 1.82) is 5.26 Å². The van der Waals surface area contributed by atoms with E-state index in [4.69, 9.17) is 80.3 Å². The monoisotopic (exact) mass is 1370 g/mol. The Hall–Kier alpha value is -7.20. The number of H-pyrrole nitrogens is 1. The number of allylic oxidation sites excluding steroid dienone is 6. The number of aliphatic imine (C=N–C) groups is 3. The second-order valence-corrected chi connectivity index (χ2v) is 28.5. The topological polar surface area (TPSA) is 509 Å². The summed E-state index contributed by atoms with van der Waals surface area (Å²) in [5.74, 6) is -7.53. The van der Waals surface area contributed by atoms with E-state index < -0.39 is 156 Å². The Morgan fingerprint density at radius 3 is 1.96 bits per heavy atom. The third kappa shape index (κ3) is 14.5. The fourth-order valence-corrected chi connectivity index (χ4v) is 16.6. The van der Waals surface area contributed by atoms with Crippen LogP contribution in [0, 0.1) is 71.0 Å². The molecule has 1 aromatic carbocycles. The van der Waals surface area contributed by atoms with Crippen LogP contribution in [0.5, 0.6) is 0 Å². The Balaban J connectivity index is 0.00000462. The van der Waals surface area contributed by atoms with Crippen LogP contribution in [-0.4, -0.2) is 127 Å². The Morgan fingerprint density at radius 2 is 1.39 bits per heavy atom. The molecule has 7 heterocycles. The molecule has 6 aliphatic rings. The number of nitrogens with one attached hydrogen (secondary N) is 2. The molecule has 1 aromatic heterocycles. The van der Waals surface area contributed by atoms with Crippen molar-refractivity contribution in [3.8, 4) is 0 Å². The molecule has 2 fully saturated rings. The van der Waals surface area contributed by atoms with Crippen LogP contribution < -0.4 is 50.3 Å². The molecule has 8 bridgehead atoms. The summed E-state index contributed by atoms with van der Waals surface area (Å²) >= 11 is 0. The van der Waals surface area contributed by atoms with E-state index in [9.17, 15) is 58.0 Å². The number of hydrogen-bond donors (Lipinski definition) is 10. The maximum absolute atomic E-state index is 14.4. The number of aromatic nitrogens is 2. The van der Waals surface area contributed by atoms with Crippen molar-refractivity contribution in [2.45, 2.75) is 189 Å². The van der Waals surface area contributed by atoms with Crippen molar-refractivity contribution in [3.63, 3.8) is 0 Å². The molecule has 8 rings (SSSR count). The third-order valence-electron chi connectivity index (χ3n) is 20.6. The number of benzene rings is 1. The van der Waals surface area contributed by atoms with Crippen LogP contribution in [0.1, 0.15) is 150 Å².